The molecule has 114 valence electrons. The summed E-state index contributed by atoms with van der Waals surface area (Å²) in [5.41, 5.74) is 3.94. The summed E-state index contributed by atoms with van der Waals surface area (Å²) in [5.74, 6) is 0.179. The summed E-state index contributed by atoms with van der Waals surface area (Å²) >= 11 is 0. The molecule has 1 atom stereocenters. The van der Waals surface area contributed by atoms with Gasteiger partial charge >= 0.3 is 0 Å². The Bertz CT molecular complexity index is 639. The van der Waals surface area contributed by atoms with Crippen LogP contribution >= 0.6 is 0 Å². The molecule has 1 amide bonds. The van der Waals surface area contributed by atoms with Gasteiger partial charge in [0.05, 0.1) is 12.6 Å². The Hall–Kier alpha value is -2.13. The van der Waals surface area contributed by atoms with E-state index in [9.17, 15) is 4.79 Å². The SMILES string of the molecule is CNCC(=O)N1CCc2ccccc2C1Cc1ccccc1. The maximum absolute atomic E-state index is 12.5. The zero-order valence-electron chi connectivity index (χ0n) is 13.0. The van der Waals surface area contributed by atoms with Gasteiger partial charge in [-0.05, 0) is 36.6 Å². The van der Waals surface area contributed by atoms with Gasteiger partial charge in [-0.25, -0.2) is 0 Å². The summed E-state index contributed by atoms with van der Waals surface area (Å²) in [4.78, 5) is 14.5. The van der Waals surface area contributed by atoms with E-state index in [4.69, 9.17) is 0 Å². The highest BCUT2D eigenvalue weighted by Crippen LogP contribution is 2.32. The maximum atomic E-state index is 12.5. The van der Waals surface area contributed by atoms with Crippen LogP contribution in [0.2, 0.25) is 0 Å². The minimum absolute atomic E-state index is 0.133. The van der Waals surface area contributed by atoms with Crippen molar-refractivity contribution in [2.45, 2.75) is 18.9 Å². The highest BCUT2D eigenvalue weighted by molar-refractivity contribution is 5.79. The van der Waals surface area contributed by atoms with Gasteiger partial charge in [0.1, 0.15) is 0 Å². The van der Waals surface area contributed by atoms with Crippen LogP contribution in [0.15, 0.2) is 54.6 Å². The molecule has 1 N–H and O–H groups in total. The van der Waals surface area contributed by atoms with Gasteiger partial charge in [-0.1, -0.05) is 54.6 Å². The molecular formula is C19H22N2O. The maximum Gasteiger partial charge on any atom is 0.237 e. The number of fused-ring (bicyclic) bond motifs is 1. The number of rotatable bonds is 4. The number of nitrogens with one attached hydrogen (secondary N) is 1. The van der Waals surface area contributed by atoms with E-state index in [2.05, 4.69) is 53.8 Å². The van der Waals surface area contributed by atoms with Crippen LogP contribution < -0.4 is 5.32 Å². The fraction of sp³-hybridized carbons (Fsp3) is 0.316. The molecule has 1 aliphatic heterocycles. The normalized spacial score (nSPS) is 17.1. The number of likely N-dealkylation sites (N-methyl/N-ethyl adjacent to an activating group) is 1. The summed E-state index contributed by atoms with van der Waals surface area (Å²) in [7, 11) is 1.82. The molecule has 0 aromatic heterocycles. The van der Waals surface area contributed by atoms with Crippen LogP contribution in [0.1, 0.15) is 22.7 Å². The van der Waals surface area contributed by atoms with Crippen LogP contribution in [-0.2, 0) is 17.6 Å². The number of hydrogen-bond donors (Lipinski definition) is 1. The van der Waals surface area contributed by atoms with E-state index in [1.807, 2.05) is 18.0 Å². The quantitative estimate of drug-likeness (QED) is 0.940. The van der Waals surface area contributed by atoms with Gasteiger partial charge in [0.25, 0.3) is 0 Å². The Morgan fingerprint density at radius 2 is 1.86 bits per heavy atom. The second-order valence-electron chi connectivity index (χ2n) is 5.77. The summed E-state index contributed by atoms with van der Waals surface area (Å²) < 4.78 is 0. The molecule has 1 heterocycles. The average molecular weight is 294 g/mol. The van der Waals surface area contributed by atoms with Gasteiger partial charge in [0.2, 0.25) is 5.91 Å². The van der Waals surface area contributed by atoms with Gasteiger partial charge in [-0.15, -0.1) is 0 Å². The number of carbonyl (C=O) groups is 1. The third-order valence-corrected chi connectivity index (χ3v) is 4.33. The van der Waals surface area contributed by atoms with Gasteiger partial charge in [-0.3, -0.25) is 4.79 Å². The van der Waals surface area contributed by atoms with Gasteiger partial charge in [0, 0.05) is 6.54 Å². The van der Waals surface area contributed by atoms with Gasteiger partial charge in [0.15, 0.2) is 0 Å². The highest BCUT2D eigenvalue weighted by atomic mass is 16.2. The lowest BCUT2D eigenvalue weighted by Gasteiger charge is -2.37. The average Bonchev–Trinajstić information content (AvgIpc) is 2.56. The van der Waals surface area contributed by atoms with Gasteiger partial charge < -0.3 is 10.2 Å². The van der Waals surface area contributed by atoms with Crippen LogP contribution in [-0.4, -0.2) is 30.9 Å². The standard InChI is InChI=1S/C19H22N2O/c1-20-14-19(22)21-12-11-16-9-5-6-10-17(16)18(21)13-15-7-3-2-4-8-15/h2-10,18,20H,11-14H2,1H3. The first kappa shape index (κ1) is 14.8. The van der Waals surface area contributed by atoms with E-state index in [0.717, 1.165) is 19.4 Å². The van der Waals surface area contributed by atoms with Crippen LogP contribution in [0.25, 0.3) is 0 Å². The van der Waals surface area contributed by atoms with Crippen molar-refractivity contribution in [2.75, 3.05) is 20.1 Å². The van der Waals surface area contributed by atoms with Crippen LogP contribution in [0.5, 0.6) is 0 Å². The van der Waals surface area contributed by atoms with E-state index in [-0.39, 0.29) is 11.9 Å². The van der Waals surface area contributed by atoms with E-state index in [1.54, 1.807) is 0 Å². The fourth-order valence-corrected chi connectivity index (χ4v) is 3.26. The number of amides is 1. The Morgan fingerprint density at radius 1 is 1.14 bits per heavy atom. The van der Waals surface area contributed by atoms with Crippen molar-refractivity contribution in [1.29, 1.82) is 0 Å². The lowest BCUT2D eigenvalue weighted by Crippen LogP contribution is -2.44. The molecule has 2 aromatic rings. The lowest BCUT2D eigenvalue weighted by molar-refractivity contribution is -0.133. The third-order valence-electron chi connectivity index (χ3n) is 4.33. The van der Waals surface area contributed by atoms with Crippen molar-refractivity contribution in [3.63, 3.8) is 0 Å². The van der Waals surface area contributed by atoms with E-state index < -0.39 is 0 Å². The molecule has 0 saturated heterocycles. The zero-order valence-corrected chi connectivity index (χ0v) is 13.0. The number of nitrogens with zero attached hydrogens (tertiary/aromatic N) is 1. The molecular weight excluding hydrogens is 272 g/mol. The van der Waals surface area contributed by atoms with Crippen molar-refractivity contribution in [3.05, 3.63) is 71.3 Å². The summed E-state index contributed by atoms with van der Waals surface area (Å²) in [6, 6.07) is 19.1. The molecule has 3 heteroatoms. The lowest BCUT2D eigenvalue weighted by atomic mass is 9.88. The van der Waals surface area contributed by atoms with Crippen molar-refractivity contribution >= 4 is 5.91 Å². The molecule has 1 aliphatic rings. The Morgan fingerprint density at radius 3 is 2.64 bits per heavy atom. The molecule has 3 nitrogen and oxygen atoms in total. The monoisotopic (exact) mass is 294 g/mol. The molecule has 0 fully saturated rings. The minimum Gasteiger partial charge on any atom is -0.334 e. The van der Waals surface area contributed by atoms with Crippen LogP contribution in [0, 0.1) is 0 Å². The molecule has 1 unspecified atom stereocenters. The van der Waals surface area contributed by atoms with E-state index in [1.165, 1.54) is 16.7 Å². The number of carbonyl (C=O) groups excluding carboxylic acids is 1. The predicted molar refractivity (Wildman–Crippen MR) is 88.7 cm³/mol. The number of benzene rings is 2. The molecule has 22 heavy (non-hydrogen) atoms. The second-order valence-corrected chi connectivity index (χ2v) is 5.77. The summed E-state index contributed by atoms with van der Waals surface area (Å²) in [5, 5.41) is 2.98. The minimum atomic E-state index is 0.133. The smallest absolute Gasteiger partial charge is 0.237 e. The Kier molecular flexibility index (Phi) is 4.54. The zero-order chi connectivity index (χ0) is 15.4. The fourth-order valence-electron chi connectivity index (χ4n) is 3.26. The summed E-state index contributed by atoms with van der Waals surface area (Å²) in [6.45, 7) is 1.20. The van der Waals surface area contributed by atoms with E-state index >= 15 is 0 Å². The number of hydrogen-bond acceptors (Lipinski definition) is 2. The van der Waals surface area contributed by atoms with E-state index in [0.29, 0.717) is 6.54 Å². The molecule has 3 rings (SSSR count). The van der Waals surface area contributed by atoms with Crippen molar-refractivity contribution < 1.29 is 4.79 Å². The van der Waals surface area contributed by atoms with Crippen LogP contribution in [0.3, 0.4) is 0 Å². The first-order valence-electron chi connectivity index (χ1n) is 7.85. The van der Waals surface area contributed by atoms with Gasteiger partial charge in [-0.2, -0.15) is 0 Å². The highest BCUT2D eigenvalue weighted by Gasteiger charge is 2.30. The summed E-state index contributed by atoms with van der Waals surface area (Å²) in [6.07, 6.45) is 1.81. The predicted octanol–water partition coefficient (Wildman–Crippen LogP) is 2.57. The molecule has 0 spiro atoms. The first-order valence-corrected chi connectivity index (χ1v) is 7.85. The van der Waals surface area contributed by atoms with Crippen molar-refractivity contribution in [3.8, 4) is 0 Å². The largest absolute Gasteiger partial charge is 0.334 e. The van der Waals surface area contributed by atoms with Crippen molar-refractivity contribution in [2.24, 2.45) is 0 Å². The topological polar surface area (TPSA) is 32.3 Å². The molecule has 2 aromatic carbocycles. The molecule has 0 aliphatic carbocycles. The van der Waals surface area contributed by atoms with Crippen molar-refractivity contribution in [1.82, 2.24) is 10.2 Å². The third kappa shape index (κ3) is 3.04. The molecule has 0 bridgehead atoms. The first-order chi connectivity index (χ1) is 10.8. The van der Waals surface area contributed by atoms with Crippen LogP contribution in [0.4, 0.5) is 0 Å². The Balaban J connectivity index is 1.93. The second kappa shape index (κ2) is 6.75. The molecule has 0 saturated carbocycles. The Labute approximate surface area is 132 Å². The molecule has 0 radical (unpaired) electrons.